The summed E-state index contributed by atoms with van der Waals surface area (Å²) in [6.45, 7) is 3.62. The van der Waals surface area contributed by atoms with Crippen molar-refractivity contribution in [3.8, 4) is 0 Å². The van der Waals surface area contributed by atoms with Gasteiger partial charge < -0.3 is 0 Å². The molecular weight excluding hydrogens is 204 g/mol. The molecule has 0 unspecified atom stereocenters. The van der Waals surface area contributed by atoms with Crippen molar-refractivity contribution in [2.45, 2.75) is 28.9 Å². The van der Waals surface area contributed by atoms with Crippen LogP contribution in [0.3, 0.4) is 0 Å². The van der Waals surface area contributed by atoms with E-state index in [0.717, 1.165) is 12.8 Å². The minimum Gasteiger partial charge on any atom is -0.298 e. The van der Waals surface area contributed by atoms with E-state index in [0.29, 0.717) is 12.2 Å². The Morgan fingerprint density at radius 2 is 2.07 bits per heavy atom. The molecule has 0 saturated heterocycles. The average molecular weight is 218 g/mol. The predicted octanol–water partition coefficient (Wildman–Crippen LogP) is 3.46. The zero-order valence-electron chi connectivity index (χ0n) is 8.61. The van der Waals surface area contributed by atoms with E-state index >= 15 is 0 Å². The number of allylic oxidation sites excluding steroid dienone is 1. The van der Waals surface area contributed by atoms with E-state index in [1.54, 1.807) is 17.8 Å². The maximum atomic E-state index is 11.8. The smallest absolute Gasteiger partial charge is 0.152 e. The highest BCUT2D eigenvalue weighted by atomic mass is 32.2. The van der Waals surface area contributed by atoms with Crippen LogP contribution >= 0.6 is 11.8 Å². The second-order valence-electron chi connectivity index (χ2n) is 3.83. The van der Waals surface area contributed by atoms with Gasteiger partial charge in [0.2, 0.25) is 0 Å². The van der Waals surface area contributed by atoms with Gasteiger partial charge >= 0.3 is 0 Å². The van der Waals surface area contributed by atoms with Crippen molar-refractivity contribution in [2.75, 3.05) is 0 Å². The van der Waals surface area contributed by atoms with Crippen molar-refractivity contribution in [1.29, 1.82) is 0 Å². The van der Waals surface area contributed by atoms with Gasteiger partial charge in [-0.15, -0.1) is 18.3 Å². The van der Waals surface area contributed by atoms with Crippen LogP contribution in [-0.2, 0) is 4.79 Å². The second kappa shape index (κ2) is 4.23. The van der Waals surface area contributed by atoms with Crippen LogP contribution in [0, 0.1) is 0 Å². The molecule has 1 fully saturated rings. The summed E-state index contributed by atoms with van der Waals surface area (Å²) in [5.41, 5.74) is 0. The SMILES string of the molecule is C=CCC(=O)C1(Sc2ccccc2)CC1. The Morgan fingerprint density at radius 1 is 1.40 bits per heavy atom. The first kappa shape index (κ1) is 10.5. The van der Waals surface area contributed by atoms with Crippen molar-refractivity contribution < 1.29 is 4.79 Å². The Balaban J connectivity index is 2.06. The first-order valence-corrected chi connectivity index (χ1v) is 5.97. The quantitative estimate of drug-likeness (QED) is 0.704. The third kappa shape index (κ3) is 2.32. The van der Waals surface area contributed by atoms with E-state index in [4.69, 9.17) is 0 Å². The van der Waals surface area contributed by atoms with E-state index in [1.165, 1.54) is 4.90 Å². The van der Waals surface area contributed by atoms with Crippen LogP contribution in [0.4, 0.5) is 0 Å². The Bertz CT molecular complexity index is 365. The minimum atomic E-state index is -0.129. The molecule has 78 valence electrons. The lowest BCUT2D eigenvalue weighted by Gasteiger charge is -2.12. The molecule has 2 rings (SSSR count). The zero-order valence-corrected chi connectivity index (χ0v) is 9.43. The number of Topliss-reactive ketones (excluding diaryl/α,β-unsaturated/α-hetero) is 1. The third-order valence-electron chi connectivity index (χ3n) is 2.60. The molecule has 0 radical (unpaired) electrons. The number of rotatable bonds is 5. The Kier molecular flexibility index (Phi) is 2.96. The number of thioether (sulfide) groups is 1. The van der Waals surface area contributed by atoms with Gasteiger partial charge in [-0.05, 0) is 25.0 Å². The molecule has 1 aromatic rings. The summed E-state index contributed by atoms with van der Waals surface area (Å²) in [4.78, 5) is 13.0. The predicted molar refractivity (Wildman–Crippen MR) is 64.1 cm³/mol. The average Bonchev–Trinajstić information content (AvgIpc) is 3.01. The summed E-state index contributed by atoms with van der Waals surface area (Å²) in [6.07, 6.45) is 4.23. The van der Waals surface area contributed by atoms with Gasteiger partial charge in [0, 0.05) is 11.3 Å². The zero-order chi connectivity index (χ0) is 10.7. The van der Waals surface area contributed by atoms with Gasteiger partial charge in [-0.2, -0.15) is 0 Å². The maximum absolute atomic E-state index is 11.8. The highest BCUT2D eigenvalue weighted by molar-refractivity contribution is 8.01. The van der Waals surface area contributed by atoms with E-state index in [9.17, 15) is 4.79 Å². The van der Waals surface area contributed by atoms with Gasteiger partial charge in [-0.25, -0.2) is 0 Å². The lowest BCUT2D eigenvalue weighted by Crippen LogP contribution is -2.17. The van der Waals surface area contributed by atoms with E-state index in [2.05, 4.69) is 18.7 Å². The van der Waals surface area contributed by atoms with Crippen molar-refractivity contribution in [3.63, 3.8) is 0 Å². The van der Waals surface area contributed by atoms with Crippen LogP contribution in [0.15, 0.2) is 47.9 Å². The fraction of sp³-hybridized carbons (Fsp3) is 0.308. The fourth-order valence-corrected chi connectivity index (χ4v) is 2.83. The molecule has 1 saturated carbocycles. The summed E-state index contributed by atoms with van der Waals surface area (Å²) in [7, 11) is 0. The molecule has 2 heteroatoms. The Hall–Kier alpha value is -1.02. The minimum absolute atomic E-state index is 0.129. The number of carbonyl (C=O) groups is 1. The highest BCUT2D eigenvalue weighted by Gasteiger charge is 2.49. The summed E-state index contributed by atoms with van der Waals surface area (Å²) in [5, 5.41) is 0. The summed E-state index contributed by atoms with van der Waals surface area (Å²) in [5.74, 6) is 0.325. The normalized spacial score (nSPS) is 17.1. The number of benzene rings is 1. The van der Waals surface area contributed by atoms with Gasteiger partial charge in [0.25, 0.3) is 0 Å². The number of hydrogen-bond acceptors (Lipinski definition) is 2. The molecule has 0 heterocycles. The molecule has 0 N–H and O–H groups in total. The molecule has 0 amide bonds. The van der Waals surface area contributed by atoms with Crippen LogP contribution in [0.25, 0.3) is 0 Å². The van der Waals surface area contributed by atoms with E-state index in [-0.39, 0.29) is 4.75 Å². The molecule has 0 atom stereocenters. The number of hydrogen-bond donors (Lipinski definition) is 0. The molecule has 0 aliphatic heterocycles. The summed E-state index contributed by atoms with van der Waals surface area (Å²) < 4.78 is -0.129. The van der Waals surface area contributed by atoms with Crippen molar-refractivity contribution in [2.24, 2.45) is 0 Å². The fourth-order valence-electron chi connectivity index (χ4n) is 1.58. The van der Waals surface area contributed by atoms with Crippen LogP contribution in [-0.4, -0.2) is 10.5 Å². The largest absolute Gasteiger partial charge is 0.298 e. The van der Waals surface area contributed by atoms with Crippen LogP contribution in [0.5, 0.6) is 0 Å². The monoisotopic (exact) mass is 218 g/mol. The number of carbonyl (C=O) groups excluding carboxylic acids is 1. The van der Waals surface area contributed by atoms with E-state index in [1.807, 2.05) is 18.2 Å². The second-order valence-corrected chi connectivity index (χ2v) is 5.28. The molecule has 1 aromatic carbocycles. The third-order valence-corrected chi connectivity index (χ3v) is 4.13. The lowest BCUT2D eigenvalue weighted by atomic mass is 10.2. The van der Waals surface area contributed by atoms with Crippen LogP contribution in [0.1, 0.15) is 19.3 Å². The van der Waals surface area contributed by atoms with E-state index < -0.39 is 0 Å². The van der Waals surface area contributed by atoms with Crippen LogP contribution in [0.2, 0.25) is 0 Å². The first-order valence-electron chi connectivity index (χ1n) is 5.15. The Morgan fingerprint density at radius 3 is 2.60 bits per heavy atom. The van der Waals surface area contributed by atoms with Crippen molar-refractivity contribution in [3.05, 3.63) is 43.0 Å². The van der Waals surface area contributed by atoms with Gasteiger partial charge in [-0.3, -0.25) is 4.79 Å². The van der Waals surface area contributed by atoms with Gasteiger partial charge in [0.15, 0.2) is 5.78 Å². The standard InChI is InChI=1S/C13H14OS/c1-2-6-12(14)13(9-10-13)15-11-7-4-3-5-8-11/h2-5,7-8H,1,6,9-10H2. The van der Waals surface area contributed by atoms with Crippen molar-refractivity contribution in [1.82, 2.24) is 0 Å². The molecule has 1 aliphatic rings. The lowest BCUT2D eigenvalue weighted by molar-refractivity contribution is -0.118. The number of ketones is 1. The summed E-state index contributed by atoms with van der Waals surface area (Å²) in [6, 6.07) is 10.1. The molecule has 0 bridgehead atoms. The summed E-state index contributed by atoms with van der Waals surface area (Å²) >= 11 is 1.71. The van der Waals surface area contributed by atoms with Gasteiger partial charge in [-0.1, -0.05) is 24.3 Å². The first-order chi connectivity index (χ1) is 7.27. The highest BCUT2D eigenvalue weighted by Crippen LogP contribution is 2.52. The Labute approximate surface area is 94.6 Å². The van der Waals surface area contributed by atoms with Gasteiger partial charge in [0.1, 0.15) is 0 Å². The molecular formula is C13H14OS. The van der Waals surface area contributed by atoms with Crippen molar-refractivity contribution >= 4 is 17.5 Å². The van der Waals surface area contributed by atoms with Gasteiger partial charge in [0.05, 0.1) is 4.75 Å². The molecule has 15 heavy (non-hydrogen) atoms. The maximum Gasteiger partial charge on any atom is 0.152 e. The molecule has 0 aromatic heterocycles. The molecule has 1 aliphatic carbocycles. The molecule has 1 nitrogen and oxygen atoms in total. The topological polar surface area (TPSA) is 17.1 Å². The molecule has 0 spiro atoms. The van der Waals surface area contributed by atoms with Crippen LogP contribution < -0.4 is 0 Å².